The van der Waals surface area contributed by atoms with Crippen molar-refractivity contribution < 1.29 is 14.6 Å². The van der Waals surface area contributed by atoms with Crippen molar-refractivity contribution in [1.82, 2.24) is 0 Å². The van der Waals surface area contributed by atoms with Crippen LogP contribution in [-0.2, 0) is 13.0 Å². The highest BCUT2D eigenvalue weighted by Gasteiger charge is 2.05. The first-order chi connectivity index (χ1) is 9.26. The molecule has 1 N–H and O–H groups in total. The third kappa shape index (κ3) is 3.26. The number of methoxy groups -OCH3 is 2. The summed E-state index contributed by atoms with van der Waals surface area (Å²) in [5.41, 5.74) is 3.15. The third-order valence-electron chi connectivity index (χ3n) is 3.09. The van der Waals surface area contributed by atoms with Gasteiger partial charge in [0.05, 0.1) is 20.8 Å². The highest BCUT2D eigenvalue weighted by atomic mass is 16.5. The van der Waals surface area contributed by atoms with Crippen LogP contribution in [0.15, 0.2) is 42.5 Å². The molecule has 0 unspecified atom stereocenters. The maximum atomic E-state index is 9.13. The first-order valence-electron chi connectivity index (χ1n) is 6.16. The molecule has 0 bridgehead atoms. The van der Waals surface area contributed by atoms with Gasteiger partial charge in [0, 0.05) is 6.42 Å². The minimum absolute atomic E-state index is 0.0270. The summed E-state index contributed by atoms with van der Waals surface area (Å²) in [6.45, 7) is 0.0270. The molecule has 19 heavy (non-hydrogen) atoms. The van der Waals surface area contributed by atoms with Gasteiger partial charge in [-0.15, -0.1) is 0 Å². The van der Waals surface area contributed by atoms with Gasteiger partial charge in [0.25, 0.3) is 0 Å². The molecule has 100 valence electrons. The van der Waals surface area contributed by atoms with E-state index in [4.69, 9.17) is 14.6 Å². The molecule has 2 aromatic rings. The van der Waals surface area contributed by atoms with Crippen LogP contribution < -0.4 is 9.47 Å². The Bertz CT molecular complexity index is 532. The fourth-order valence-corrected chi connectivity index (χ4v) is 2.00. The Labute approximate surface area is 113 Å². The first-order valence-corrected chi connectivity index (χ1v) is 6.16. The largest absolute Gasteiger partial charge is 0.497 e. The van der Waals surface area contributed by atoms with E-state index in [0.29, 0.717) is 0 Å². The Morgan fingerprint density at radius 3 is 2.16 bits per heavy atom. The molecular formula is C16H18O3. The zero-order valence-electron chi connectivity index (χ0n) is 11.2. The Morgan fingerprint density at radius 2 is 1.58 bits per heavy atom. The van der Waals surface area contributed by atoms with Crippen LogP contribution in [0.25, 0.3) is 0 Å². The van der Waals surface area contributed by atoms with E-state index in [1.807, 2.05) is 42.5 Å². The van der Waals surface area contributed by atoms with E-state index in [1.165, 1.54) is 5.56 Å². The highest BCUT2D eigenvalue weighted by Crippen LogP contribution is 2.24. The molecule has 0 atom stereocenters. The predicted octanol–water partition coefficient (Wildman–Crippen LogP) is 2.79. The summed E-state index contributed by atoms with van der Waals surface area (Å²) in [6.07, 6.45) is 0.791. The summed E-state index contributed by atoms with van der Waals surface area (Å²) in [5.74, 6) is 1.66. The van der Waals surface area contributed by atoms with Crippen molar-refractivity contribution in [3.63, 3.8) is 0 Å². The van der Waals surface area contributed by atoms with Crippen LogP contribution in [0.4, 0.5) is 0 Å². The average Bonchev–Trinajstić information content (AvgIpc) is 2.48. The van der Waals surface area contributed by atoms with Gasteiger partial charge in [-0.2, -0.15) is 0 Å². The van der Waals surface area contributed by atoms with Crippen LogP contribution in [0.3, 0.4) is 0 Å². The zero-order chi connectivity index (χ0) is 13.7. The smallest absolute Gasteiger partial charge is 0.122 e. The Morgan fingerprint density at radius 1 is 0.895 bits per heavy atom. The monoisotopic (exact) mass is 258 g/mol. The maximum absolute atomic E-state index is 9.13. The highest BCUT2D eigenvalue weighted by molar-refractivity contribution is 5.41. The second-order valence-corrected chi connectivity index (χ2v) is 4.33. The van der Waals surface area contributed by atoms with Gasteiger partial charge >= 0.3 is 0 Å². The topological polar surface area (TPSA) is 38.7 Å². The van der Waals surface area contributed by atoms with Crippen molar-refractivity contribution in [2.45, 2.75) is 13.0 Å². The molecule has 0 amide bonds. The van der Waals surface area contributed by atoms with Crippen molar-refractivity contribution in [3.05, 3.63) is 59.2 Å². The van der Waals surface area contributed by atoms with Crippen LogP contribution in [0.5, 0.6) is 11.5 Å². The SMILES string of the molecule is COc1ccc(Cc2ccc(CO)cc2OC)cc1. The van der Waals surface area contributed by atoms with E-state index in [2.05, 4.69) is 0 Å². The fraction of sp³-hybridized carbons (Fsp3) is 0.250. The molecule has 0 heterocycles. The van der Waals surface area contributed by atoms with Crippen LogP contribution in [0.1, 0.15) is 16.7 Å². The third-order valence-corrected chi connectivity index (χ3v) is 3.09. The van der Waals surface area contributed by atoms with E-state index in [-0.39, 0.29) is 6.61 Å². The van der Waals surface area contributed by atoms with E-state index < -0.39 is 0 Å². The molecule has 0 aliphatic carbocycles. The van der Waals surface area contributed by atoms with Gasteiger partial charge in [-0.3, -0.25) is 0 Å². The molecule has 2 rings (SSSR count). The van der Waals surface area contributed by atoms with Gasteiger partial charge in [0.2, 0.25) is 0 Å². The molecule has 0 aromatic heterocycles. The molecule has 0 aliphatic rings. The molecule has 3 nitrogen and oxygen atoms in total. The molecule has 3 heteroatoms. The Hall–Kier alpha value is -2.00. The number of rotatable bonds is 5. The van der Waals surface area contributed by atoms with Gasteiger partial charge in [0.15, 0.2) is 0 Å². The van der Waals surface area contributed by atoms with Crippen LogP contribution in [0.2, 0.25) is 0 Å². The van der Waals surface area contributed by atoms with E-state index in [1.54, 1.807) is 14.2 Å². The minimum atomic E-state index is 0.0270. The van der Waals surface area contributed by atoms with Crippen molar-refractivity contribution in [2.24, 2.45) is 0 Å². The minimum Gasteiger partial charge on any atom is -0.497 e. The van der Waals surface area contributed by atoms with Crippen molar-refractivity contribution in [3.8, 4) is 11.5 Å². The second-order valence-electron chi connectivity index (χ2n) is 4.33. The van der Waals surface area contributed by atoms with Crippen LogP contribution in [-0.4, -0.2) is 19.3 Å². The van der Waals surface area contributed by atoms with E-state index >= 15 is 0 Å². The lowest BCUT2D eigenvalue weighted by molar-refractivity contribution is 0.281. The van der Waals surface area contributed by atoms with E-state index in [9.17, 15) is 0 Å². The van der Waals surface area contributed by atoms with Gasteiger partial charge in [-0.25, -0.2) is 0 Å². The number of benzene rings is 2. The molecule has 0 spiro atoms. The Balaban J connectivity index is 2.21. The van der Waals surface area contributed by atoms with Crippen LogP contribution >= 0.6 is 0 Å². The Kier molecular flexibility index (Phi) is 4.42. The number of hydrogen-bond donors (Lipinski definition) is 1. The van der Waals surface area contributed by atoms with Crippen molar-refractivity contribution >= 4 is 0 Å². The predicted molar refractivity (Wildman–Crippen MR) is 74.7 cm³/mol. The number of aliphatic hydroxyl groups is 1. The molecule has 2 aromatic carbocycles. The fourth-order valence-electron chi connectivity index (χ4n) is 2.00. The lowest BCUT2D eigenvalue weighted by atomic mass is 10.0. The average molecular weight is 258 g/mol. The lowest BCUT2D eigenvalue weighted by Crippen LogP contribution is -1.96. The van der Waals surface area contributed by atoms with Gasteiger partial charge in [-0.1, -0.05) is 24.3 Å². The summed E-state index contributed by atoms with van der Waals surface area (Å²) in [5, 5.41) is 9.13. The second kappa shape index (κ2) is 6.25. The number of ether oxygens (including phenoxy) is 2. The summed E-state index contributed by atoms with van der Waals surface area (Å²) in [4.78, 5) is 0. The molecule has 0 aliphatic heterocycles. The zero-order valence-corrected chi connectivity index (χ0v) is 11.2. The number of aliphatic hydroxyl groups excluding tert-OH is 1. The first kappa shape index (κ1) is 13.4. The normalized spacial score (nSPS) is 10.3. The molecule has 0 fully saturated rings. The summed E-state index contributed by atoms with van der Waals surface area (Å²) in [6, 6.07) is 13.8. The molecule has 0 saturated heterocycles. The standard InChI is InChI=1S/C16H18O3/c1-18-15-7-4-12(5-8-15)9-14-6-3-13(11-17)10-16(14)19-2/h3-8,10,17H,9,11H2,1-2H3. The maximum Gasteiger partial charge on any atom is 0.122 e. The van der Waals surface area contributed by atoms with Gasteiger partial charge < -0.3 is 14.6 Å². The molecule has 0 radical (unpaired) electrons. The number of hydrogen-bond acceptors (Lipinski definition) is 3. The molecule has 0 saturated carbocycles. The summed E-state index contributed by atoms with van der Waals surface area (Å²) < 4.78 is 10.5. The molecular weight excluding hydrogens is 240 g/mol. The quantitative estimate of drug-likeness (QED) is 0.896. The van der Waals surface area contributed by atoms with Gasteiger partial charge in [0.1, 0.15) is 11.5 Å². The lowest BCUT2D eigenvalue weighted by Gasteiger charge is -2.10. The summed E-state index contributed by atoms with van der Waals surface area (Å²) in [7, 11) is 3.31. The van der Waals surface area contributed by atoms with Crippen molar-refractivity contribution in [1.29, 1.82) is 0 Å². The van der Waals surface area contributed by atoms with Crippen LogP contribution in [0, 0.1) is 0 Å². The van der Waals surface area contributed by atoms with Gasteiger partial charge in [-0.05, 0) is 34.9 Å². The van der Waals surface area contributed by atoms with E-state index in [0.717, 1.165) is 29.0 Å². The summed E-state index contributed by atoms with van der Waals surface area (Å²) >= 11 is 0. The van der Waals surface area contributed by atoms with Crippen molar-refractivity contribution in [2.75, 3.05) is 14.2 Å².